The smallest absolute Gasteiger partial charge is 0.343 e. The number of anilines is 1. The Labute approximate surface area is 232 Å². The minimum Gasteiger partial charge on any atom is -0.490 e. The van der Waals surface area contributed by atoms with Crippen molar-refractivity contribution >= 4 is 35.8 Å². The molecule has 0 bridgehead atoms. The predicted octanol–water partition coefficient (Wildman–Crippen LogP) is 5.72. The van der Waals surface area contributed by atoms with Crippen molar-refractivity contribution in [2.24, 2.45) is 5.10 Å². The van der Waals surface area contributed by atoms with Gasteiger partial charge in [-0.1, -0.05) is 60.7 Å². The highest BCUT2D eigenvalue weighted by atomic mass is 16.6. The molecule has 0 aliphatic rings. The molecular weight excluding hydrogens is 506 g/mol. The van der Waals surface area contributed by atoms with Gasteiger partial charge in [0.1, 0.15) is 0 Å². The van der Waals surface area contributed by atoms with E-state index < -0.39 is 11.9 Å². The molecule has 0 saturated carbocycles. The van der Waals surface area contributed by atoms with Crippen LogP contribution < -0.4 is 20.2 Å². The highest BCUT2D eigenvalue weighted by molar-refractivity contribution is 6.07. The lowest BCUT2D eigenvalue weighted by atomic mass is 10.1. The highest BCUT2D eigenvalue weighted by Crippen LogP contribution is 2.29. The van der Waals surface area contributed by atoms with Gasteiger partial charge in [0.05, 0.1) is 29.6 Å². The molecule has 8 nitrogen and oxygen atoms in total. The zero-order valence-electron chi connectivity index (χ0n) is 21.7. The lowest BCUT2D eigenvalue weighted by Gasteiger charge is -2.11. The third-order valence-electron chi connectivity index (χ3n) is 5.52. The molecule has 4 rings (SSSR count). The van der Waals surface area contributed by atoms with Gasteiger partial charge in [-0.25, -0.2) is 10.2 Å². The van der Waals surface area contributed by atoms with Crippen LogP contribution in [0, 0.1) is 0 Å². The van der Waals surface area contributed by atoms with E-state index in [1.165, 1.54) is 12.3 Å². The molecule has 0 aliphatic carbocycles. The lowest BCUT2D eigenvalue weighted by Crippen LogP contribution is -2.20. The van der Waals surface area contributed by atoms with Crippen LogP contribution in [0.2, 0.25) is 0 Å². The summed E-state index contributed by atoms with van der Waals surface area (Å²) in [6, 6.07) is 29.6. The summed E-state index contributed by atoms with van der Waals surface area (Å²) in [5.41, 5.74) is 4.98. The van der Waals surface area contributed by atoms with Gasteiger partial charge in [0.25, 0.3) is 5.91 Å². The van der Waals surface area contributed by atoms with Crippen LogP contribution in [0.3, 0.4) is 0 Å². The largest absolute Gasteiger partial charge is 0.490 e. The number of ether oxygens (including phenoxy) is 2. The monoisotopic (exact) mass is 533 g/mol. The molecule has 0 unspecified atom stereocenters. The molecule has 8 heteroatoms. The van der Waals surface area contributed by atoms with Crippen LogP contribution in [0.25, 0.3) is 6.08 Å². The van der Waals surface area contributed by atoms with Gasteiger partial charge in [0.15, 0.2) is 11.5 Å². The number of carbonyl (C=O) groups is 3. The van der Waals surface area contributed by atoms with Crippen molar-refractivity contribution < 1.29 is 23.9 Å². The third-order valence-corrected chi connectivity index (χ3v) is 5.52. The van der Waals surface area contributed by atoms with Gasteiger partial charge in [0.2, 0.25) is 5.91 Å². The third kappa shape index (κ3) is 7.75. The minimum atomic E-state index is -0.503. The summed E-state index contributed by atoms with van der Waals surface area (Å²) in [6.45, 7) is 2.17. The van der Waals surface area contributed by atoms with E-state index in [-0.39, 0.29) is 17.2 Å². The van der Waals surface area contributed by atoms with Crippen molar-refractivity contribution in [2.75, 3.05) is 11.9 Å². The number of hydrogen-bond donors (Lipinski definition) is 2. The molecule has 0 aromatic heterocycles. The molecule has 0 saturated heterocycles. The molecule has 2 N–H and O–H groups in total. The summed E-state index contributed by atoms with van der Waals surface area (Å²) >= 11 is 0. The molecule has 0 heterocycles. The van der Waals surface area contributed by atoms with Crippen LogP contribution in [0.4, 0.5) is 5.69 Å². The van der Waals surface area contributed by atoms with Gasteiger partial charge in [0, 0.05) is 6.08 Å². The second-order valence-corrected chi connectivity index (χ2v) is 8.37. The van der Waals surface area contributed by atoms with E-state index >= 15 is 0 Å². The number of esters is 1. The van der Waals surface area contributed by atoms with E-state index in [1.54, 1.807) is 72.8 Å². The standard InChI is InChI=1S/C32H27N3O5/c1-2-39-29-21-24(17-19-28(29)40-32(38)25-13-7-4-8-14-25)22-33-35-31(37)26-15-9-10-16-27(26)34-30(36)20-18-23-11-5-3-6-12-23/h3-22H,2H2,1H3,(H,34,36)(H,35,37)/b20-18+,33-22-. The Kier molecular flexibility index (Phi) is 9.55. The maximum Gasteiger partial charge on any atom is 0.343 e. The van der Waals surface area contributed by atoms with Gasteiger partial charge in [-0.15, -0.1) is 0 Å². The summed E-state index contributed by atoms with van der Waals surface area (Å²) in [5, 5.41) is 6.77. The van der Waals surface area contributed by atoms with Gasteiger partial charge >= 0.3 is 5.97 Å². The Morgan fingerprint density at radius 2 is 1.50 bits per heavy atom. The van der Waals surface area contributed by atoms with Crippen LogP contribution in [-0.4, -0.2) is 30.6 Å². The summed E-state index contributed by atoms with van der Waals surface area (Å²) in [6.07, 6.45) is 4.53. The number of nitrogens with one attached hydrogen (secondary N) is 2. The zero-order valence-corrected chi connectivity index (χ0v) is 21.7. The summed E-state index contributed by atoms with van der Waals surface area (Å²) in [7, 11) is 0. The molecule has 0 aliphatic heterocycles. The van der Waals surface area contributed by atoms with Gasteiger partial charge in [-0.2, -0.15) is 5.10 Å². The molecule has 0 fully saturated rings. The van der Waals surface area contributed by atoms with E-state index in [4.69, 9.17) is 9.47 Å². The van der Waals surface area contributed by atoms with E-state index in [9.17, 15) is 14.4 Å². The Hall–Kier alpha value is -5.50. The number of para-hydroxylation sites is 1. The molecule has 4 aromatic rings. The van der Waals surface area contributed by atoms with Crippen molar-refractivity contribution in [3.05, 3.63) is 131 Å². The number of carbonyl (C=O) groups excluding carboxylic acids is 3. The maximum atomic E-state index is 12.8. The molecule has 0 spiro atoms. The van der Waals surface area contributed by atoms with Crippen molar-refractivity contribution in [3.63, 3.8) is 0 Å². The van der Waals surface area contributed by atoms with Crippen LogP contribution in [-0.2, 0) is 4.79 Å². The van der Waals surface area contributed by atoms with E-state index in [2.05, 4.69) is 15.8 Å². The van der Waals surface area contributed by atoms with Crippen LogP contribution in [0.1, 0.15) is 38.8 Å². The second kappa shape index (κ2) is 13.9. The lowest BCUT2D eigenvalue weighted by molar-refractivity contribution is -0.111. The molecule has 4 aromatic carbocycles. The van der Waals surface area contributed by atoms with Crippen LogP contribution >= 0.6 is 0 Å². The SMILES string of the molecule is CCOc1cc(/C=N\NC(=O)c2ccccc2NC(=O)/C=C/c2ccccc2)ccc1OC(=O)c1ccccc1. The average Bonchev–Trinajstić information content (AvgIpc) is 2.98. The number of hydrogen-bond acceptors (Lipinski definition) is 6. The van der Waals surface area contributed by atoms with Gasteiger partial charge < -0.3 is 14.8 Å². The molecule has 200 valence electrons. The number of benzene rings is 4. The van der Waals surface area contributed by atoms with Crippen LogP contribution in [0.5, 0.6) is 11.5 Å². The molecular formula is C32H27N3O5. The Bertz CT molecular complexity index is 1530. The first-order valence-electron chi connectivity index (χ1n) is 12.5. The number of hydrazone groups is 1. The highest BCUT2D eigenvalue weighted by Gasteiger charge is 2.14. The fraction of sp³-hybridized carbons (Fsp3) is 0.0625. The predicted molar refractivity (Wildman–Crippen MR) is 155 cm³/mol. The maximum absolute atomic E-state index is 12.8. The summed E-state index contributed by atoms with van der Waals surface area (Å²) < 4.78 is 11.1. The topological polar surface area (TPSA) is 106 Å². The Morgan fingerprint density at radius 1 is 0.800 bits per heavy atom. The van der Waals surface area contributed by atoms with Gasteiger partial charge in [-0.3, -0.25) is 9.59 Å². The van der Waals surface area contributed by atoms with Gasteiger partial charge in [-0.05, 0) is 66.6 Å². The first-order chi connectivity index (χ1) is 19.5. The van der Waals surface area contributed by atoms with Crippen molar-refractivity contribution in [1.29, 1.82) is 0 Å². The summed E-state index contributed by atoms with van der Waals surface area (Å²) in [5.74, 6) is -0.750. The quantitative estimate of drug-likeness (QED) is 0.0892. The fourth-order valence-corrected chi connectivity index (χ4v) is 3.62. The van der Waals surface area contributed by atoms with E-state index in [0.717, 1.165) is 5.56 Å². The summed E-state index contributed by atoms with van der Waals surface area (Å²) in [4.78, 5) is 37.7. The Balaban J connectivity index is 1.40. The molecule has 0 atom stereocenters. The first-order valence-corrected chi connectivity index (χ1v) is 12.5. The number of nitrogens with zero attached hydrogens (tertiary/aromatic N) is 1. The van der Waals surface area contributed by atoms with E-state index in [1.807, 2.05) is 43.3 Å². The number of rotatable bonds is 10. The van der Waals surface area contributed by atoms with Crippen molar-refractivity contribution in [1.82, 2.24) is 5.43 Å². The average molecular weight is 534 g/mol. The Morgan fingerprint density at radius 3 is 2.25 bits per heavy atom. The van der Waals surface area contributed by atoms with Crippen molar-refractivity contribution in [3.8, 4) is 11.5 Å². The minimum absolute atomic E-state index is 0.249. The van der Waals surface area contributed by atoms with E-state index in [0.29, 0.717) is 29.2 Å². The normalized spacial score (nSPS) is 10.8. The first kappa shape index (κ1) is 27.5. The molecule has 0 radical (unpaired) electrons. The molecule has 2 amide bonds. The number of amides is 2. The zero-order chi connectivity index (χ0) is 28.2. The molecule has 40 heavy (non-hydrogen) atoms. The van der Waals surface area contributed by atoms with Crippen molar-refractivity contribution in [2.45, 2.75) is 6.92 Å². The van der Waals surface area contributed by atoms with Crippen LogP contribution in [0.15, 0.2) is 114 Å². The fourth-order valence-electron chi connectivity index (χ4n) is 3.62. The second-order valence-electron chi connectivity index (χ2n) is 8.37.